The molecule has 3 aliphatic heterocycles. The van der Waals surface area contributed by atoms with Gasteiger partial charge in [0.2, 0.25) is 5.91 Å². The molecule has 3 aliphatic rings. The van der Waals surface area contributed by atoms with Crippen molar-refractivity contribution in [2.75, 3.05) is 26.4 Å². The number of ether oxygens (including phenoxy) is 6. The molecule has 0 radical (unpaired) electrons. The van der Waals surface area contributed by atoms with Crippen LogP contribution in [-0.4, -0.2) is 193 Å². The van der Waals surface area contributed by atoms with Gasteiger partial charge in [0.25, 0.3) is 0 Å². The zero-order valence-corrected chi connectivity index (χ0v) is 59.2. The van der Waals surface area contributed by atoms with Crippen molar-refractivity contribution >= 4 is 5.91 Å². The molecule has 556 valence electrons. The van der Waals surface area contributed by atoms with Crippen molar-refractivity contribution in [1.29, 1.82) is 0 Å². The Morgan fingerprint density at radius 2 is 0.695 bits per heavy atom. The second-order valence-electron chi connectivity index (χ2n) is 27.4. The van der Waals surface area contributed by atoms with Gasteiger partial charge in [-0.2, -0.15) is 0 Å². The van der Waals surface area contributed by atoms with Crippen LogP contribution in [0, 0.1) is 0 Å². The summed E-state index contributed by atoms with van der Waals surface area (Å²) in [7, 11) is 0. The molecule has 0 aromatic heterocycles. The Morgan fingerprint density at radius 3 is 1.09 bits per heavy atom. The summed E-state index contributed by atoms with van der Waals surface area (Å²) in [6, 6.07) is -0.994. The predicted molar refractivity (Wildman–Crippen MR) is 374 cm³/mol. The maximum absolute atomic E-state index is 13.4. The fourth-order valence-electron chi connectivity index (χ4n) is 12.9. The fourth-order valence-corrected chi connectivity index (χ4v) is 12.9. The maximum atomic E-state index is 13.4. The van der Waals surface area contributed by atoms with E-state index in [0.717, 1.165) is 51.4 Å². The van der Waals surface area contributed by atoms with Crippen LogP contribution in [-0.2, 0) is 33.2 Å². The summed E-state index contributed by atoms with van der Waals surface area (Å²) in [6.07, 6.45) is 44.5. The van der Waals surface area contributed by atoms with Gasteiger partial charge in [0.15, 0.2) is 18.9 Å². The number of rotatable bonds is 60. The number of hydrogen-bond donors (Lipinski definition) is 12. The zero-order chi connectivity index (χ0) is 68.9. The van der Waals surface area contributed by atoms with Crippen molar-refractivity contribution in [2.24, 2.45) is 0 Å². The van der Waals surface area contributed by atoms with Crippen LogP contribution >= 0.6 is 0 Å². The lowest BCUT2D eigenvalue weighted by atomic mass is 9.96. The van der Waals surface area contributed by atoms with Gasteiger partial charge in [0.05, 0.1) is 38.6 Å². The number of carbonyl (C=O) groups excluding carboxylic acids is 1. The predicted octanol–water partition coefficient (Wildman–Crippen LogP) is 11.7. The number of amides is 1. The molecule has 12 N–H and O–H groups in total. The lowest BCUT2D eigenvalue weighted by Crippen LogP contribution is -2.66. The third-order valence-electron chi connectivity index (χ3n) is 19.1. The summed E-state index contributed by atoms with van der Waals surface area (Å²) in [6.45, 7) is 1.64. The van der Waals surface area contributed by atoms with Crippen molar-refractivity contribution in [3.63, 3.8) is 0 Å². The van der Waals surface area contributed by atoms with Gasteiger partial charge in [-0.15, -0.1) is 0 Å². The molecule has 17 unspecified atom stereocenters. The Balaban J connectivity index is 1.27. The minimum absolute atomic E-state index is 0.235. The van der Waals surface area contributed by atoms with Crippen LogP contribution < -0.4 is 5.32 Å². The molecule has 0 bridgehead atoms. The second-order valence-corrected chi connectivity index (χ2v) is 27.4. The topological polar surface area (TPSA) is 307 Å². The number of allylic oxidation sites excluding steroid dienone is 7. The number of hydrogen-bond acceptors (Lipinski definition) is 18. The van der Waals surface area contributed by atoms with E-state index in [2.05, 4.69) is 55.6 Å². The Morgan fingerprint density at radius 1 is 0.368 bits per heavy atom. The van der Waals surface area contributed by atoms with E-state index in [9.17, 15) is 61.0 Å². The van der Waals surface area contributed by atoms with Gasteiger partial charge in [-0.3, -0.25) is 4.79 Å². The van der Waals surface area contributed by atoms with Crippen LogP contribution in [0.1, 0.15) is 296 Å². The first-order chi connectivity index (χ1) is 46.3. The SMILES string of the molecule is CCC/C=C/CC/C=C/CC/C=C/C(O)C(COC1OC(CO)C(OC2OC(CO)C(OC3OC(CO)C(O)C(O)C3O)C(O)C2O)C(O)C1O)NC(=O)CCCCCCCCCCCCCCCCCCCCCCCCCCCCC/C=C\CCCCCCCCCC. The van der Waals surface area contributed by atoms with Crippen molar-refractivity contribution in [3.05, 3.63) is 48.6 Å². The van der Waals surface area contributed by atoms with Crippen molar-refractivity contribution in [1.82, 2.24) is 5.32 Å². The molecule has 19 heteroatoms. The molecule has 3 fully saturated rings. The van der Waals surface area contributed by atoms with Crippen LogP contribution in [0.5, 0.6) is 0 Å². The summed E-state index contributed by atoms with van der Waals surface area (Å²) in [5, 5.41) is 120. The van der Waals surface area contributed by atoms with Crippen LogP contribution in [0.2, 0.25) is 0 Å². The largest absolute Gasteiger partial charge is 0.394 e. The van der Waals surface area contributed by atoms with Crippen molar-refractivity contribution < 1.29 is 89.4 Å². The van der Waals surface area contributed by atoms with E-state index in [1.54, 1.807) is 6.08 Å². The van der Waals surface area contributed by atoms with Gasteiger partial charge in [-0.1, -0.05) is 274 Å². The number of unbranched alkanes of at least 4 members (excludes halogenated alkanes) is 38. The molecule has 95 heavy (non-hydrogen) atoms. The smallest absolute Gasteiger partial charge is 0.220 e. The van der Waals surface area contributed by atoms with E-state index in [1.807, 2.05) is 6.08 Å². The molecular formula is C76H139NO18. The number of aliphatic hydroxyl groups is 11. The van der Waals surface area contributed by atoms with Crippen LogP contribution in [0.3, 0.4) is 0 Å². The van der Waals surface area contributed by atoms with Gasteiger partial charge >= 0.3 is 0 Å². The van der Waals surface area contributed by atoms with Gasteiger partial charge in [0.1, 0.15) is 73.2 Å². The molecule has 0 saturated carbocycles. The Hall–Kier alpha value is -2.25. The zero-order valence-electron chi connectivity index (χ0n) is 59.2. The highest BCUT2D eigenvalue weighted by Crippen LogP contribution is 2.33. The maximum Gasteiger partial charge on any atom is 0.220 e. The van der Waals surface area contributed by atoms with Gasteiger partial charge in [0, 0.05) is 6.42 Å². The van der Waals surface area contributed by atoms with Gasteiger partial charge in [-0.05, 0) is 64.2 Å². The van der Waals surface area contributed by atoms with E-state index in [-0.39, 0.29) is 18.9 Å². The molecule has 0 aromatic rings. The van der Waals surface area contributed by atoms with Crippen molar-refractivity contribution in [2.45, 2.75) is 401 Å². The Kier molecular flexibility index (Phi) is 52.5. The minimum Gasteiger partial charge on any atom is -0.394 e. The normalized spacial score (nSPS) is 27.4. The highest BCUT2D eigenvalue weighted by molar-refractivity contribution is 5.76. The molecule has 3 heterocycles. The monoisotopic (exact) mass is 1350 g/mol. The molecule has 3 rings (SSSR count). The lowest BCUT2D eigenvalue weighted by molar-refractivity contribution is -0.379. The highest BCUT2D eigenvalue weighted by Gasteiger charge is 2.53. The van der Waals surface area contributed by atoms with Crippen molar-refractivity contribution in [3.8, 4) is 0 Å². The quantitative estimate of drug-likeness (QED) is 0.0199. The highest BCUT2D eigenvalue weighted by atomic mass is 16.8. The van der Waals surface area contributed by atoms with E-state index in [4.69, 9.17) is 28.4 Å². The van der Waals surface area contributed by atoms with E-state index >= 15 is 0 Å². The first kappa shape index (κ1) is 87.0. The third-order valence-corrected chi connectivity index (χ3v) is 19.1. The molecular weight excluding hydrogens is 1210 g/mol. The summed E-state index contributed by atoms with van der Waals surface area (Å²) in [5.41, 5.74) is 0. The van der Waals surface area contributed by atoms with Gasteiger partial charge in [-0.25, -0.2) is 0 Å². The summed E-state index contributed by atoms with van der Waals surface area (Å²) in [5.74, 6) is -0.287. The Bertz CT molecular complexity index is 1910. The fraction of sp³-hybridized carbons (Fsp3) is 0.882. The lowest BCUT2D eigenvalue weighted by Gasteiger charge is -2.48. The van der Waals surface area contributed by atoms with E-state index < -0.39 is 124 Å². The van der Waals surface area contributed by atoms with Crippen LogP contribution in [0.25, 0.3) is 0 Å². The van der Waals surface area contributed by atoms with Crippen LogP contribution in [0.15, 0.2) is 48.6 Å². The van der Waals surface area contributed by atoms with Crippen LogP contribution in [0.4, 0.5) is 0 Å². The average molecular weight is 1350 g/mol. The molecule has 0 aromatic carbocycles. The molecule has 1 amide bonds. The summed E-state index contributed by atoms with van der Waals surface area (Å²) < 4.78 is 34.3. The standard InChI is InChI=1S/C76H139NO18/c1-3-5-7-9-11-13-15-16-17-18-19-20-21-22-23-24-25-26-27-28-29-30-31-32-33-34-35-36-37-38-39-40-41-42-44-46-48-50-52-54-64(82)77-59(60(81)53-51-49-47-45-43-14-12-10-8-6-4-2)58-90-74-70(88)67(85)72(62(56-79)92-74)95-76-71(89)68(86)73(63(57-80)93-76)94-75-69(87)66(84)65(83)61(55-78)91-75/h8,10,18-19,43,45,51,53,59-63,65-76,78-81,83-89H,3-7,9,11-17,20-42,44,46-50,52,54-58H2,1-2H3,(H,77,82)/b10-8+,19-18-,45-43+,53-51+. The number of aliphatic hydroxyl groups excluding tert-OH is 11. The average Bonchev–Trinajstić information content (AvgIpc) is 0.786. The molecule has 19 nitrogen and oxygen atoms in total. The number of nitrogens with one attached hydrogen (secondary N) is 1. The molecule has 0 spiro atoms. The number of carbonyl (C=O) groups is 1. The molecule has 3 saturated heterocycles. The summed E-state index contributed by atoms with van der Waals surface area (Å²) >= 11 is 0. The van der Waals surface area contributed by atoms with E-state index in [1.165, 1.54) is 212 Å². The first-order valence-electron chi connectivity index (χ1n) is 38.4. The first-order valence-corrected chi connectivity index (χ1v) is 38.4. The molecule has 17 atom stereocenters. The second kappa shape index (κ2) is 57.4. The third kappa shape index (κ3) is 38.4. The molecule has 0 aliphatic carbocycles. The summed E-state index contributed by atoms with van der Waals surface area (Å²) in [4.78, 5) is 13.4. The minimum atomic E-state index is -1.98. The Labute approximate surface area is 573 Å². The van der Waals surface area contributed by atoms with E-state index in [0.29, 0.717) is 12.8 Å². The van der Waals surface area contributed by atoms with Gasteiger partial charge < -0.3 is 89.9 Å².